The van der Waals surface area contributed by atoms with Gasteiger partial charge in [0, 0.05) is 45.5 Å². The number of rotatable bonds is 3. The van der Waals surface area contributed by atoms with Gasteiger partial charge < -0.3 is 19.8 Å². The predicted molar refractivity (Wildman–Crippen MR) is 129 cm³/mol. The van der Waals surface area contributed by atoms with E-state index in [1.54, 1.807) is 12.3 Å². The molecule has 5 rings (SSSR count). The van der Waals surface area contributed by atoms with Crippen LogP contribution in [0.1, 0.15) is 55.9 Å². The topological polar surface area (TPSA) is 94.0 Å². The highest BCUT2D eigenvalue weighted by molar-refractivity contribution is 5.92. The summed E-state index contributed by atoms with van der Waals surface area (Å²) in [5, 5.41) is 7.12. The van der Waals surface area contributed by atoms with Crippen molar-refractivity contribution in [3.8, 4) is 0 Å². The lowest BCUT2D eigenvalue weighted by Crippen LogP contribution is -2.50. The number of aliphatic carboxylic acids is 1. The van der Waals surface area contributed by atoms with Crippen LogP contribution in [0.3, 0.4) is 0 Å². The Morgan fingerprint density at radius 2 is 1.68 bits per heavy atom. The summed E-state index contributed by atoms with van der Waals surface area (Å²) in [4.78, 5) is 46.4. The molecule has 1 spiro atoms. The maximum absolute atomic E-state index is 13.7. The van der Waals surface area contributed by atoms with Crippen LogP contribution in [0.5, 0.6) is 0 Å². The van der Waals surface area contributed by atoms with E-state index < -0.39 is 12.1 Å². The third-order valence-electron chi connectivity index (χ3n) is 8.86. The van der Waals surface area contributed by atoms with E-state index in [1.165, 1.54) is 0 Å². The lowest BCUT2D eigenvalue weighted by molar-refractivity contribution is -0.192. The van der Waals surface area contributed by atoms with E-state index >= 15 is 0 Å². The molecule has 4 aliphatic rings. The van der Waals surface area contributed by atoms with E-state index in [9.17, 15) is 22.8 Å². The number of fused-ring (bicyclic) bond motifs is 2. The summed E-state index contributed by atoms with van der Waals surface area (Å²) in [6.45, 7) is 8.67. The van der Waals surface area contributed by atoms with Crippen LogP contribution in [0.25, 0.3) is 0 Å². The zero-order valence-electron chi connectivity index (χ0n) is 21.2. The van der Waals surface area contributed by atoms with Gasteiger partial charge in [-0.05, 0) is 68.5 Å². The van der Waals surface area contributed by atoms with Gasteiger partial charge in [0.2, 0.25) is 5.91 Å². The third-order valence-corrected chi connectivity index (χ3v) is 8.86. The molecule has 3 saturated heterocycles. The summed E-state index contributed by atoms with van der Waals surface area (Å²) < 4.78 is 31.7. The number of nitrogens with zero attached hydrogens (tertiary/aromatic N) is 4. The van der Waals surface area contributed by atoms with Gasteiger partial charge in [-0.1, -0.05) is 13.0 Å². The number of hydrogen-bond donors (Lipinski definition) is 1. The van der Waals surface area contributed by atoms with Crippen LogP contribution in [0.2, 0.25) is 0 Å². The number of halogens is 3. The van der Waals surface area contributed by atoms with Crippen LogP contribution in [0.4, 0.5) is 13.2 Å². The first kappa shape index (κ1) is 27.3. The molecular formula is C26H35F3N4O4. The van der Waals surface area contributed by atoms with E-state index in [2.05, 4.69) is 21.7 Å². The molecule has 4 heterocycles. The Kier molecular flexibility index (Phi) is 7.83. The number of likely N-dealkylation sites (tertiary alicyclic amines) is 3. The average molecular weight is 525 g/mol. The van der Waals surface area contributed by atoms with Crippen LogP contribution in [0, 0.1) is 16.7 Å². The average Bonchev–Trinajstić information content (AvgIpc) is 3.62. The fourth-order valence-corrected chi connectivity index (χ4v) is 6.89. The van der Waals surface area contributed by atoms with Crippen LogP contribution < -0.4 is 0 Å². The molecule has 2 atom stereocenters. The van der Waals surface area contributed by atoms with E-state index in [4.69, 9.17) is 9.90 Å². The van der Waals surface area contributed by atoms with Crippen molar-refractivity contribution in [2.24, 2.45) is 16.7 Å². The first-order chi connectivity index (χ1) is 17.5. The van der Waals surface area contributed by atoms with Gasteiger partial charge in [0.1, 0.15) is 5.69 Å². The SMILES string of the molecule is CCN1C[C@H]2C3(CCN(C(=O)c4ccccn4)CC3)CC[C@@]2(C(=O)N2CCCC2)C1.O=C(O)C(F)(F)F. The molecule has 1 saturated carbocycles. The van der Waals surface area contributed by atoms with E-state index in [1.807, 2.05) is 17.0 Å². The van der Waals surface area contributed by atoms with Gasteiger partial charge in [0.05, 0.1) is 5.41 Å². The number of hydrogen-bond acceptors (Lipinski definition) is 5. The molecule has 0 bridgehead atoms. The largest absolute Gasteiger partial charge is 0.490 e. The number of aromatic nitrogens is 1. The molecule has 4 fully saturated rings. The second-order valence-electron chi connectivity index (χ2n) is 10.7. The Bertz CT molecular complexity index is 991. The van der Waals surface area contributed by atoms with E-state index in [0.29, 0.717) is 17.5 Å². The fourth-order valence-electron chi connectivity index (χ4n) is 6.89. The zero-order chi connectivity index (χ0) is 26.8. The van der Waals surface area contributed by atoms with Gasteiger partial charge in [0.15, 0.2) is 0 Å². The number of pyridine rings is 1. The number of carboxylic acids is 1. The summed E-state index contributed by atoms with van der Waals surface area (Å²) in [6, 6.07) is 5.52. The molecule has 1 aromatic heterocycles. The van der Waals surface area contributed by atoms with Crippen molar-refractivity contribution in [3.05, 3.63) is 30.1 Å². The second-order valence-corrected chi connectivity index (χ2v) is 10.7. The van der Waals surface area contributed by atoms with Crippen LogP contribution in [-0.4, -0.2) is 94.6 Å². The first-order valence-electron chi connectivity index (χ1n) is 13.0. The minimum atomic E-state index is -5.08. The third kappa shape index (κ3) is 5.32. The summed E-state index contributed by atoms with van der Waals surface area (Å²) in [6.07, 6.45) is 3.11. The number of amides is 2. The van der Waals surface area contributed by atoms with E-state index in [0.717, 1.165) is 84.3 Å². The lowest BCUT2D eigenvalue weighted by Gasteiger charge is -2.44. The molecule has 8 nitrogen and oxygen atoms in total. The number of alkyl halides is 3. The minimum absolute atomic E-state index is 0.0458. The molecule has 1 aliphatic carbocycles. The predicted octanol–water partition coefficient (Wildman–Crippen LogP) is 3.29. The highest BCUT2D eigenvalue weighted by Gasteiger charge is 2.64. The summed E-state index contributed by atoms with van der Waals surface area (Å²) >= 11 is 0. The Labute approximate surface area is 214 Å². The lowest BCUT2D eigenvalue weighted by atomic mass is 9.65. The molecule has 3 aliphatic heterocycles. The van der Waals surface area contributed by atoms with Gasteiger partial charge in [-0.15, -0.1) is 0 Å². The Hall–Kier alpha value is -2.69. The van der Waals surface area contributed by atoms with Crippen molar-refractivity contribution in [2.45, 2.75) is 51.6 Å². The van der Waals surface area contributed by atoms with Gasteiger partial charge in [0.25, 0.3) is 5.91 Å². The van der Waals surface area contributed by atoms with Gasteiger partial charge >= 0.3 is 12.1 Å². The molecule has 0 radical (unpaired) electrons. The number of carbonyl (C=O) groups is 3. The monoisotopic (exact) mass is 524 g/mol. The fraction of sp³-hybridized carbons (Fsp3) is 0.692. The minimum Gasteiger partial charge on any atom is -0.475 e. The van der Waals surface area contributed by atoms with Gasteiger partial charge in [-0.25, -0.2) is 4.79 Å². The van der Waals surface area contributed by atoms with Crippen molar-refractivity contribution in [2.75, 3.05) is 45.8 Å². The van der Waals surface area contributed by atoms with E-state index in [-0.39, 0.29) is 16.7 Å². The molecule has 0 aromatic carbocycles. The smallest absolute Gasteiger partial charge is 0.475 e. The quantitative estimate of drug-likeness (QED) is 0.652. The molecule has 11 heteroatoms. The molecule has 37 heavy (non-hydrogen) atoms. The van der Waals surface area contributed by atoms with Gasteiger partial charge in [-0.2, -0.15) is 13.2 Å². The Balaban J connectivity index is 0.000000405. The van der Waals surface area contributed by atoms with Crippen molar-refractivity contribution < 1.29 is 32.7 Å². The van der Waals surface area contributed by atoms with Crippen molar-refractivity contribution in [1.29, 1.82) is 0 Å². The standard InChI is InChI=1S/C24H34N4O2.C2HF3O2/c1-2-26-17-20-23(8-9-24(20,18-26)22(30)28-13-5-6-14-28)10-15-27(16-11-23)21(29)19-7-3-4-12-25-19;3-2(4,5)1(6)7/h3-4,7,12,20H,2,5-6,8-11,13-18H2,1H3;(H,6,7)/t20-,24+;/m0./s1. The number of carbonyl (C=O) groups excluding carboxylic acids is 2. The molecule has 1 N–H and O–H groups in total. The molecule has 2 amide bonds. The zero-order valence-corrected chi connectivity index (χ0v) is 21.2. The Morgan fingerprint density at radius 1 is 1.03 bits per heavy atom. The van der Waals surface area contributed by atoms with Crippen molar-refractivity contribution in [3.63, 3.8) is 0 Å². The summed E-state index contributed by atoms with van der Waals surface area (Å²) in [5.74, 6) is -1.84. The maximum atomic E-state index is 13.7. The summed E-state index contributed by atoms with van der Waals surface area (Å²) in [5.41, 5.74) is 0.560. The molecule has 1 aromatic rings. The molecule has 0 unspecified atom stereocenters. The van der Waals surface area contributed by atoms with Crippen LogP contribution in [-0.2, 0) is 9.59 Å². The van der Waals surface area contributed by atoms with Gasteiger partial charge in [-0.3, -0.25) is 14.6 Å². The maximum Gasteiger partial charge on any atom is 0.490 e. The molecule has 204 valence electrons. The first-order valence-corrected chi connectivity index (χ1v) is 13.0. The summed E-state index contributed by atoms with van der Waals surface area (Å²) in [7, 11) is 0. The number of carboxylic acid groups (broad SMARTS) is 1. The van der Waals surface area contributed by atoms with Crippen LogP contribution in [0.15, 0.2) is 24.4 Å². The highest BCUT2D eigenvalue weighted by Crippen LogP contribution is 2.62. The highest BCUT2D eigenvalue weighted by atomic mass is 19.4. The van der Waals surface area contributed by atoms with Crippen LogP contribution >= 0.6 is 0 Å². The number of piperidine rings is 1. The second kappa shape index (κ2) is 10.6. The van der Waals surface area contributed by atoms with Crippen molar-refractivity contribution in [1.82, 2.24) is 19.7 Å². The van der Waals surface area contributed by atoms with Crippen molar-refractivity contribution >= 4 is 17.8 Å². The molecular weight excluding hydrogens is 489 g/mol. The normalized spacial score (nSPS) is 27.1. The Morgan fingerprint density at radius 3 is 2.22 bits per heavy atom.